The third-order valence-electron chi connectivity index (χ3n) is 10.3. The Balaban J connectivity index is 1.28. The lowest BCUT2D eigenvalue weighted by molar-refractivity contribution is 0.00578. The molecule has 2 heterocycles. The van der Waals surface area contributed by atoms with Gasteiger partial charge >= 0.3 is 13.2 Å². The molecule has 8 heteroatoms. The number of hydrogen-bond donors (Lipinski definition) is 2. The van der Waals surface area contributed by atoms with E-state index in [1.807, 2.05) is 27.0 Å². The minimum Gasteiger partial charge on any atom is -0.444 e. The van der Waals surface area contributed by atoms with E-state index in [9.17, 15) is 4.79 Å². The molecule has 6 rings (SSSR count). The van der Waals surface area contributed by atoms with E-state index in [1.54, 1.807) is 0 Å². The summed E-state index contributed by atoms with van der Waals surface area (Å²) in [6, 6.07) is 8.74. The zero-order valence-corrected chi connectivity index (χ0v) is 26.9. The molecule has 2 aromatic rings. The zero-order chi connectivity index (χ0) is 30.1. The molecule has 4 aliphatic rings. The van der Waals surface area contributed by atoms with Crippen LogP contribution in [0.1, 0.15) is 131 Å². The first-order valence-corrected chi connectivity index (χ1v) is 15.4. The van der Waals surface area contributed by atoms with Gasteiger partial charge in [-0.3, -0.25) is 0 Å². The largest absolute Gasteiger partial charge is 0.494 e. The van der Waals surface area contributed by atoms with Gasteiger partial charge in [-0.15, -0.1) is 0 Å². The number of nitrogens with one attached hydrogen (secondary N) is 2. The fraction of sp³-hybridized carbons (Fsp3) is 0.697. The monoisotopic (exact) mass is 563 g/mol. The summed E-state index contributed by atoms with van der Waals surface area (Å²) < 4.78 is 18.1. The Kier molecular flexibility index (Phi) is 7.26. The molecule has 4 fully saturated rings. The summed E-state index contributed by atoms with van der Waals surface area (Å²) in [5, 5.41) is 3.07. The van der Waals surface area contributed by atoms with Crippen molar-refractivity contribution < 1.29 is 18.8 Å². The first-order valence-electron chi connectivity index (χ1n) is 15.4. The lowest BCUT2D eigenvalue weighted by Gasteiger charge is -2.53. The van der Waals surface area contributed by atoms with Gasteiger partial charge in [-0.25, -0.2) is 9.78 Å². The Labute approximate surface area is 247 Å². The molecule has 7 nitrogen and oxygen atoms in total. The highest BCUT2D eigenvalue weighted by molar-refractivity contribution is 6.62. The Bertz CT molecular complexity index is 1230. The maximum Gasteiger partial charge on any atom is 0.494 e. The van der Waals surface area contributed by atoms with Crippen LogP contribution in [0.2, 0.25) is 0 Å². The van der Waals surface area contributed by atoms with Crippen LogP contribution >= 0.6 is 0 Å². The Morgan fingerprint density at radius 1 is 0.902 bits per heavy atom. The van der Waals surface area contributed by atoms with Gasteiger partial charge in [0.25, 0.3) is 0 Å². The van der Waals surface area contributed by atoms with Crippen molar-refractivity contribution in [1.82, 2.24) is 15.3 Å². The van der Waals surface area contributed by atoms with Crippen LogP contribution in [-0.4, -0.2) is 40.0 Å². The molecule has 1 atom stereocenters. The highest BCUT2D eigenvalue weighted by atomic mass is 16.7. The summed E-state index contributed by atoms with van der Waals surface area (Å²) in [6.07, 6.45) is 8.48. The molecule has 1 aromatic heterocycles. The molecule has 1 amide bonds. The predicted octanol–water partition coefficient (Wildman–Crippen LogP) is 6.86. The van der Waals surface area contributed by atoms with E-state index in [1.165, 1.54) is 11.3 Å². The van der Waals surface area contributed by atoms with Crippen molar-refractivity contribution >= 4 is 18.7 Å². The summed E-state index contributed by atoms with van der Waals surface area (Å²) in [5.41, 5.74) is 2.61. The normalized spacial score (nSPS) is 28.0. The summed E-state index contributed by atoms with van der Waals surface area (Å²) in [5.74, 6) is 0.799. The topological polar surface area (TPSA) is 85.5 Å². The number of fused-ring (bicyclic) bond motifs is 3. The number of H-pyrrole nitrogens is 1. The highest BCUT2D eigenvalue weighted by Gasteiger charge is 2.53. The maximum atomic E-state index is 12.7. The van der Waals surface area contributed by atoms with Crippen molar-refractivity contribution in [3.63, 3.8) is 0 Å². The molecular formula is C33H50BN3O4. The van der Waals surface area contributed by atoms with Gasteiger partial charge in [0.2, 0.25) is 0 Å². The lowest BCUT2D eigenvalue weighted by atomic mass is 9.51. The molecule has 1 saturated heterocycles. The van der Waals surface area contributed by atoms with E-state index in [0.717, 1.165) is 49.8 Å². The van der Waals surface area contributed by atoms with E-state index < -0.39 is 11.7 Å². The molecule has 0 radical (unpaired) electrons. The maximum absolute atomic E-state index is 12.7. The standard InChI is InChI=1S/C33H50BN3O4/c1-28(2,3)25(37-27(38)39-29(4,5)6)26-35-21-24(36-26)33-18-15-32(16-19-33,17-20-33)22-11-13-23(14-12-22)34-40-30(7,8)31(9,10)41-34/h11-14,21,25H,15-20H2,1-10H3,(H,35,36)(H,37,38). The van der Waals surface area contributed by atoms with Crippen LogP contribution in [0.25, 0.3) is 0 Å². The lowest BCUT2D eigenvalue weighted by Crippen LogP contribution is -2.47. The van der Waals surface area contributed by atoms with Gasteiger partial charge in [0, 0.05) is 17.3 Å². The van der Waals surface area contributed by atoms with E-state index in [-0.39, 0.29) is 40.6 Å². The van der Waals surface area contributed by atoms with Crippen LogP contribution in [-0.2, 0) is 24.9 Å². The first kappa shape index (κ1) is 30.2. The van der Waals surface area contributed by atoms with Crippen LogP contribution in [0.3, 0.4) is 0 Å². The number of hydrogen-bond acceptors (Lipinski definition) is 5. The quantitative estimate of drug-likeness (QED) is 0.388. The summed E-state index contributed by atoms with van der Waals surface area (Å²) in [7, 11) is -0.326. The van der Waals surface area contributed by atoms with E-state index >= 15 is 0 Å². The summed E-state index contributed by atoms with van der Waals surface area (Å²) in [6.45, 7) is 20.4. The number of nitrogens with zero attached hydrogens (tertiary/aromatic N) is 1. The number of alkyl carbamates (subject to hydrolysis) is 1. The second-order valence-electron chi connectivity index (χ2n) is 15.9. The van der Waals surface area contributed by atoms with E-state index in [0.29, 0.717) is 0 Å². The third kappa shape index (κ3) is 5.71. The number of ether oxygens (including phenoxy) is 1. The van der Waals surface area contributed by atoms with Gasteiger partial charge in [0.15, 0.2) is 0 Å². The molecule has 2 N–H and O–H groups in total. The van der Waals surface area contributed by atoms with Gasteiger partial charge in [0.05, 0.1) is 17.2 Å². The van der Waals surface area contributed by atoms with Gasteiger partial charge in [-0.05, 0) is 109 Å². The van der Waals surface area contributed by atoms with Crippen molar-refractivity contribution in [2.45, 2.75) is 141 Å². The molecule has 224 valence electrons. The second-order valence-corrected chi connectivity index (χ2v) is 15.9. The average Bonchev–Trinajstić information content (AvgIpc) is 3.44. The minimum atomic E-state index is -0.553. The average molecular weight is 564 g/mol. The minimum absolute atomic E-state index is 0.115. The fourth-order valence-electron chi connectivity index (χ4n) is 6.87. The molecule has 1 aromatic carbocycles. The zero-order valence-electron chi connectivity index (χ0n) is 26.9. The first-order chi connectivity index (χ1) is 18.8. The molecule has 2 bridgehead atoms. The summed E-state index contributed by atoms with van der Waals surface area (Å²) in [4.78, 5) is 21.1. The number of benzene rings is 1. The van der Waals surface area contributed by atoms with Gasteiger partial charge in [0.1, 0.15) is 11.4 Å². The predicted molar refractivity (Wildman–Crippen MR) is 163 cm³/mol. The summed E-state index contributed by atoms with van der Waals surface area (Å²) >= 11 is 0. The molecule has 0 spiro atoms. The Morgan fingerprint density at radius 3 is 1.90 bits per heavy atom. The smallest absolute Gasteiger partial charge is 0.444 e. The van der Waals surface area contributed by atoms with Crippen LogP contribution in [0.4, 0.5) is 4.79 Å². The van der Waals surface area contributed by atoms with Crippen LogP contribution in [0.15, 0.2) is 30.5 Å². The van der Waals surface area contributed by atoms with Crippen molar-refractivity contribution in [1.29, 1.82) is 0 Å². The number of imidazole rings is 1. The van der Waals surface area contributed by atoms with Crippen molar-refractivity contribution in [2.24, 2.45) is 5.41 Å². The number of amides is 1. The molecule has 3 saturated carbocycles. The van der Waals surface area contributed by atoms with Gasteiger partial charge in [-0.1, -0.05) is 45.0 Å². The number of aromatic nitrogens is 2. The van der Waals surface area contributed by atoms with E-state index in [2.05, 4.69) is 83.0 Å². The second kappa shape index (κ2) is 9.87. The van der Waals surface area contributed by atoms with E-state index in [4.69, 9.17) is 19.0 Å². The van der Waals surface area contributed by atoms with Crippen LogP contribution in [0, 0.1) is 5.41 Å². The van der Waals surface area contributed by atoms with Crippen LogP contribution < -0.4 is 10.8 Å². The molecule has 41 heavy (non-hydrogen) atoms. The third-order valence-corrected chi connectivity index (χ3v) is 10.3. The SMILES string of the molecule is CC(C)(C)OC(=O)NC(c1ncc(C23CCC(c4ccc(B5OC(C)(C)C(C)(C)O5)cc4)(CC2)CC3)[nH]1)C(C)(C)C. The number of carbonyl (C=O) groups is 1. The number of carbonyl (C=O) groups excluding carboxylic acids is 1. The fourth-order valence-corrected chi connectivity index (χ4v) is 6.87. The molecular weight excluding hydrogens is 513 g/mol. The Morgan fingerprint density at radius 2 is 1.41 bits per heavy atom. The molecule has 1 unspecified atom stereocenters. The highest BCUT2D eigenvalue weighted by Crippen LogP contribution is 2.58. The van der Waals surface area contributed by atoms with Gasteiger partial charge in [-0.2, -0.15) is 0 Å². The van der Waals surface area contributed by atoms with Gasteiger partial charge < -0.3 is 24.3 Å². The van der Waals surface area contributed by atoms with Crippen molar-refractivity contribution in [3.05, 3.63) is 47.5 Å². The Hall–Kier alpha value is -2.32. The van der Waals surface area contributed by atoms with Crippen molar-refractivity contribution in [3.8, 4) is 0 Å². The number of aromatic amines is 1. The van der Waals surface area contributed by atoms with Crippen molar-refractivity contribution in [2.75, 3.05) is 0 Å². The molecule has 3 aliphatic carbocycles. The molecule has 1 aliphatic heterocycles. The van der Waals surface area contributed by atoms with Crippen LogP contribution in [0.5, 0.6) is 0 Å². The number of rotatable bonds is 5.